The second-order valence-electron chi connectivity index (χ2n) is 9.45. The Morgan fingerprint density at radius 2 is 1.59 bits per heavy atom. The van der Waals surface area contributed by atoms with Crippen molar-refractivity contribution in [2.45, 2.75) is 69.2 Å². The quantitative estimate of drug-likeness (QED) is 0.637. The Morgan fingerprint density at radius 3 is 2.16 bits per heavy atom. The van der Waals surface area contributed by atoms with Crippen LogP contribution >= 0.6 is 0 Å². The van der Waals surface area contributed by atoms with Crippen molar-refractivity contribution in [1.82, 2.24) is 4.31 Å². The molecule has 2 aromatic carbocycles. The predicted octanol–water partition coefficient (Wildman–Crippen LogP) is 4.95. The van der Waals surface area contributed by atoms with Crippen molar-refractivity contribution in [2.24, 2.45) is 0 Å². The largest absolute Gasteiger partial charge is 0.484 e. The fraction of sp³-hybridized carbons (Fsp3) is 0.480. The second-order valence-corrected chi connectivity index (χ2v) is 11.4. The second kappa shape index (κ2) is 10.0. The van der Waals surface area contributed by atoms with E-state index in [1.807, 2.05) is 24.3 Å². The van der Waals surface area contributed by atoms with Crippen LogP contribution in [0.5, 0.6) is 5.75 Å². The van der Waals surface area contributed by atoms with Gasteiger partial charge in [-0.3, -0.25) is 4.79 Å². The number of carbonyl (C=O) groups excluding carboxylic acids is 1. The zero-order valence-corrected chi connectivity index (χ0v) is 20.2. The number of nitrogens with one attached hydrogen (secondary N) is 1. The smallest absolute Gasteiger partial charge is 0.262 e. The Bertz CT molecular complexity index is 1000. The molecule has 174 valence electrons. The number of benzene rings is 2. The Balaban J connectivity index is 1.55. The van der Waals surface area contributed by atoms with Crippen LogP contribution < -0.4 is 10.1 Å². The van der Waals surface area contributed by atoms with Gasteiger partial charge in [-0.1, -0.05) is 52.2 Å². The molecule has 0 aliphatic heterocycles. The molecular weight excluding hydrogens is 424 g/mol. The molecule has 1 aliphatic rings. The van der Waals surface area contributed by atoms with E-state index in [1.54, 1.807) is 19.2 Å². The van der Waals surface area contributed by atoms with Crippen LogP contribution in [0.25, 0.3) is 0 Å². The SMILES string of the molecule is CN(C1CCCCC1)S(=O)(=O)c1ccc(NC(=O)COc2ccc(C(C)(C)C)cc2)cc1. The summed E-state index contributed by atoms with van der Waals surface area (Å²) in [6.45, 7) is 6.29. The van der Waals surface area contributed by atoms with Crippen LogP contribution in [0.2, 0.25) is 0 Å². The Kier molecular flexibility index (Phi) is 7.62. The van der Waals surface area contributed by atoms with E-state index in [-0.39, 0.29) is 28.9 Å². The molecule has 0 spiro atoms. The molecule has 0 saturated heterocycles. The van der Waals surface area contributed by atoms with Crippen LogP contribution in [0, 0.1) is 0 Å². The van der Waals surface area contributed by atoms with Gasteiger partial charge in [-0.05, 0) is 60.2 Å². The molecule has 7 heteroatoms. The first-order valence-corrected chi connectivity index (χ1v) is 12.6. The fourth-order valence-corrected chi connectivity index (χ4v) is 5.33. The Labute approximate surface area is 192 Å². The van der Waals surface area contributed by atoms with Crippen LogP contribution in [0.4, 0.5) is 5.69 Å². The van der Waals surface area contributed by atoms with E-state index in [0.717, 1.165) is 25.7 Å². The lowest BCUT2D eigenvalue weighted by molar-refractivity contribution is -0.118. The van der Waals surface area contributed by atoms with Gasteiger partial charge in [0.1, 0.15) is 5.75 Å². The van der Waals surface area contributed by atoms with Crippen molar-refractivity contribution >= 4 is 21.6 Å². The molecule has 1 fully saturated rings. The van der Waals surface area contributed by atoms with Crippen LogP contribution in [-0.2, 0) is 20.2 Å². The summed E-state index contributed by atoms with van der Waals surface area (Å²) < 4.78 is 32.9. The first kappa shape index (κ1) is 24.3. The van der Waals surface area contributed by atoms with E-state index >= 15 is 0 Å². The Hall–Kier alpha value is -2.38. The molecule has 0 radical (unpaired) electrons. The number of hydrogen-bond donors (Lipinski definition) is 1. The van der Waals surface area contributed by atoms with Crippen molar-refractivity contribution in [3.8, 4) is 5.75 Å². The number of hydrogen-bond acceptors (Lipinski definition) is 4. The summed E-state index contributed by atoms with van der Waals surface area (Å²) in [5.74, 6) is 0.320. The maximum absolute atomic E-state index is 12.9. The summed E-state index contributed by atoms with van der Waals surface area (Å²) in [7, 11) is -1.89. The van der Waals surface area contributed by atoms with Crippen molar-refractivity contribution in [2.75, 3.05) is 19.0 Å². The molecule has 0 unspecified atom stereocenters. The van der Waals surface area contributed by atoms with Gasteiger partial charge >= 0.3 is 0 Å². The number of nitrogens with zero attached hydrogens (tertiary/aromatic N) is 1. The van der Waals surface area contributed by atoms with Gasteiger partial charge in [0.2, 0.25) is 10.0 Å². The average Bonchev–Trinajstić information content (AvgIpc) is 2.78. The lowest BCUT2D eigenvalue weighted by atomic mass is 9.87. The fourth-order valence-electron chi connectivity index (χ4n) is 3.91. The molecular formula is C25H34N2O4S. The van der Waals surface area contributed by atoms with Crippen LogP contribution in [0.1, 0.15) is 58.4 Å². The molecule has 0 aromatic heterocycles. The number of rotatable bonds is 7. The Morgan fingerprint density at radius 1 is 1.00 bits per heavy atom. The summed E-state index contributed by atoms with van der Waals surface area (Å²) in [5, 5.41) is 2.75. The summed E-state index contributed by atoms with van der Waals surface area (Å²) in [6, 6.07) is 14.1. The highest BCUT2D eigenvalue weighted by molar-refractivity contribution is 7.89. The average molecular weight is 459 g/mol. The van der Waals surface area contributed by atoms with Gasteiger partial charge in [0, 0.05) is 18.8 Å². The molecule has 1 saturated carbocycles. The van der Waals surface area contributed by atoms with Gasteiger partial charge in [-0.25, -0.2) is 8.42 Å². The third kappa shape index (κ3) is 6.11. The van der Waals surface area contributed by atoms with E-state index in [2.05, 4.69) is 26.1 Å². The van der Waals surface area contributed by atoms with Crippen molar-refractivity contribution in [3.63, 3.8) is 0 Å². The molecule has 1 amide bonds. The standard InChI is InChI=1S/C25H34N2O4S/c1-25(2,3)19-10-14-22(15-11-19)31-18-24(28)26-20-12-16-23(17-13-20)32(29,30)27(4)21-8-6-5-7-9-21/h10-17,21H,5-9,18H2,1-4H3,(H,26,28). The lowest BCUT2D eigenvalue weighted by Gasteiger charge is -2.30. The van der Waals surface area contributed by atoms with Crippen LogP contribution in [0.15, 0.2) is 53.4 Å². The highest BCUT2D eigenvalue weighted by Gasteiger charge is 2.28. The highest BCUT2D eigenvalue weighted by Crippen LogP contribution is 2.27. The summed E-state index contributed by atoms with van der Waals surface area (Å²) >= 11 is 0. The number of carbonyl (C=O) groups is 1. The van der Waals surface area contributed by atoms with Crippen molar-refractivity contribution < 1.29 is 17.9 Å². The number of anilines is 1. The van der Waals surface area contributed by atoms with E-state index < -0.39 is 10.0 Å². The van der Waals surface area contributed by atoms with Crippen LogP contribution in [-0.4, -0.2) is 38.3 Å². The first-order chi connectivity index (χ1) is 15.1. The summed E-state index contributed by atoms with van der Waals surface area (Å²) in [4.78, 5) is 12.5. The van der Waals surface area contributed by atoms with Gasteiger partial charge < -0.3 is 10.1 Å². The van der Waals surface area contributed by atoms with Gasteiger partial charge in [-0.2, -0.15) is 4.31 Å². The number of ether oxygens (including phenoxy) is 1. The van der Waals surface area contributed by atoms with E-state index in [9.17, 15) is 13.2 Å². The third-order valence-corrected chi connectivity index (χ3v) is 7.92. The van der Waals surface area contributed by atoms with Crippen LogP contribution in [0.3, 0.4) is 0 Å². The molecule has 3 rings (SSSR count). The predicted molar refractivity (Wildman–Crippen MR) is 128 cm³/mol. The third-order valence-electron chi connectivity index (χ3n) is 5.99. The molecule has 1 aliphatic carbocycles. The first-order valence-electron chi connectivity index (χ1n) is 11.2. The molecule has 1 N–H and O–H groups in total. The minimum atomic E-state index is -3.55. The van der Waals surface area contributed by atoms with Gasteiger partial charge in [-0.15, -0.1) is 0 Å². The monoisotopic (exact) mass is 458 g/mol. The summed E-state index contributed by atoms with van der Waals surface area (Å²) in [6.07, 6.45) is 5.12. The maximum atomic E-state index is 12.9. The summed E-state index contributed by atoms with van der Waals surface area (Å²) in [5.41, 5.74) is 1.78. The number of sulfonamides is 1. The topological polar surface area (TPSA) is 75.7 Å². The van der Waals surface area contributed by atoms with Crippen molar-refractivity contribution in [3.05, 3.63) is 54.1 Å². The van der Waals surface area contributed by atoms with E-state index in [0.29, 0.717) is 11.4 Å². The molecule has 32 heavy (non-hydrogen) atoms. The zero-order chi connectivity index (χ0) is 23.4. The molecule has 2 aromatic rings. The maximum Gasteiger partial charge on any atom is 0.262 e. The highest BCUT2D eigenvalue weighted by atomic mass is 32.2. The normalized spacial score (nSPS) is 15.5. The van der Waals surface area contributed by atoms with Gasteiger partial charge in [0.05, 0.1) is 4.90 Å². The molecule has 6 nitrogen and oxygen atoms in total. The van der Waals surface area contributed by atoms with E-state index in [1.165, 1.54) is 28.4 Å². The molecule has 0 heterocycles. The molecule has 0 bridgehead atoms. The van der Waals surface area contributed by atoms with Gasteiger partial charge in [0.15, 0.2) is 6.61 Å². The molecule has 0 atom stereocenters. The van der Waals surface area contributed by atoms with E-state index in [4.69, 9.17) is 4.74 Å². The minimum absolute atomic E-state index is 0.0563. The number of amides is 1. The zero-order valence-electron chi connectivity index (χ0n) is 19.4. The van der Waals surface area contributed by atoms with Crippen molar-refractivity contribution in [1.29, 1.82) is 0 Å². The van der Waals surface area contributed by atoms with Gasteiger partial charge in [0.25, 0.3) is 5.91 Å². The lowest BCUT2D eigenvalue weighted by Crippen LogP contribution is -2.38. The minimum Gasteiger partial charge on any atom is -0.484 e.